The van der Waals surface area contributed by atoms with Crippen LogP contribution in [-0.4, -0.2) is 48.1 Å². The number of aromatic nitrogens is 2. The van der Waals surface area contributed by atoms with Gasteiger partial charge in [-0.2, -0.15) is 0 Å². The van der Waals surface area contributed by atoms with Crippen molar-refractivity contribution in [1.29, 1.82) is 0 Å². The fraction of sp³-hybridized carbons (Fsp3) is 0.389. The van der Waals surface area contributed by atoms with Crippen molar-refractivity contribution in [2.75, 3.05) is 32.1 Å². The first-order valence-electron chi connectivity index (χ1n) is 8.32. The van der Waals surface area contributed by atoms with E-state index in [0.29, 0.717) is 22.4 Å². The van der Waals surface area contributed by atoms with Crippen LogP contribution in [0.2, 0.25) is 5.02 Å². The second kappa shape index (κ2) is 7.73. The Bertz CT molecular complexity index is 896. The monoisotopic (exact) mass is 392 g/mol. The van der Waals surface area contributed by atoms with Crippen LogP contribution in [-0.2, 0) is 0 Å². The smallest absolute Gasteiger partial charge is 0.298 e. The van der Waals surface area contributed by atoms with Crippen LogP contribution in [0.15, 0.2) is 22.7 Å². The first-order chi connectivity index (χ1) is 12.4. The average molecular weight is 393 g/mol. The molecule has 0 spiro atoms. The average Bonchev–Trinajstić information content (AvgIpc) is 3.21. The van der Waals surface area contributed by atoms with Crippen molar-refractivity contribution in [3.05, 3.63) is 40.2 Å². The highest BCUT2D eigenvalue weighted by Gasteiger charge is 2.25. The lowest BCUT2D eigenvalue weighted by molar-refractivity contribution is 0.0950. The minimum absolute atomic E-state index is 0.217. The molecule has 0 aliphatic rings. The van der Waals surface area contributed by atoms with Crippen LogP contribution in [0.25, 0.3) is 10.2 Å². The summed E-state index contributed by atoms with van der Waals surface area (Å²) in [5, 5.41) is 5.09. The topological polar surface area (TPSA) is 62.5 Å². The Morgan fingerprint density at radius 3 is 2.65 bits per heavy atom. The molecule has 8 heteroatoms. The molecule has 3 aromatic rings. The van der Waals surface area contributed by atoms with Crippen molar-refractivity contribution < 1.29 is 9.32 Å². The zero-order valence-electron chi connectivity index (χ0n) is 15.2. The van der Waals surface area contributed by atoms with E-state index < -0.39 is 0 Å². The number of nitrogens with zero attached hydrogens (tertiary/aromatic N) is 4. The fourth-order valence-corrected chi connectivity index (χ4v) is 3.97. The number of aryl methyl sites for hydroxylation is 2. The first kappa shape index (κ1) is 18.8. The number of thiazole rings is 1. The van der Waals surface area contributed by atoms with Crippen molar-refractivity contribution >= 4 is 44.2 Å². The van der Waals surface area contributed by atoms with Crippen molar-refractivity contribution in [2.45, 2.75) is 20.3 Å². The summed E-state index contributed by atoms with van der Waals surface area (Å²) < 4.78 is 6.07. The van der Waals surface area contributed by atoms with Gasteiger partial charge in [0.2, 0.25) is 5.76 Å². The Morgan fingerprint density at radius 1 is 1.27 bits per heavy atom. The van der Waals surface area contributed by atoms with Crippen molar-refractivity contribution in [2.24, 2.45) is 0 Å². The van der Waals surface area contributed by atoms with Gasteiger partial charge >= 0.3 is 0 Å². The lowest BCUT2D eigenvalue weighted by atomic mass is 10.2. The molecule has 0 bridgehead atoms. The highest BCUT2D eigenvalue weighted by molar-refractivity contribution is 7.23. The molecule has 2 aromatic heterocycles. The molecule has 0 atom stereocenters. The molecule has 0 radical (unpaired) electrons. The minimum Gasteiger partial charge on any atom is -0.351 e. The van der Waals surface area contributed by atoms with Crippen molar-refractivity contribution in [3.8, 4) is 0 Å². The van der Waals surface area contributed by atoms with E-state index in [0.717, 1.165) is 28.7 Å². The number of carbonyl (C=O) groups excluding carboxylic acids is 1. The lowest BCUT2D eigenvalue weighted by Crippen LogP contribution is -2.33. The van der Waals surface area contributed by atoms with Crippen LogP contribution in [0.3, 0.4) is 0 Å². The van der Waals surface area contributed by atoms with Gasteiger partial charge in [-0.05, 0) is 52.5 Å². The summed E-state index contributed by atoms with van der Waals surface area (Å²) in [7, 11) is 4.01. The van der Waals surface area contributed by atoms with E-state index in [4.69, 9.17) is 16.1 Å². The molecule has 26 heavy (non-hydrogen) atoms. The maximum Gasteiger partial charge on any atom is 0.298 e. The lowest BCUT2D eigenvalue weighted by Gasteiger charge is -2.19. The molecule has 0 saturated carbocycles. The van der Waals surface area contributed by atoms with E-state index in [1.54, 1.807) is 17.9 Å². The highest BCUT2D eigenvalue weighted by atomic mass is 35.5. The summed E-state index contributed by atoms with van der Waals surface area (Å²) in [6.45, 7) is 5.18. The zero-order chi connectivity index (χ0) is 18.8. The Kier molecular flexibility index (Phi) is 5.60. The molecular weight excluding hydrogens is 372 g/mol. The quantitative estimate of drug-likeness (QED) is 0.630. The summed E-state index contributed by atoms with van der Waals surface area (Å²) in [6.07, 6.45) is 0.814. The molecule has 2 heterocycles. The third-order valence-electron chi connectivity index (χ3n) is 3.99. The summed E-state index contributed by atoms with van der Waals surface area (Å²) in [4.78, 5) is 21.4. The molecule has 3 rings (SSSR count). The largest absolute Gasteiger partial charge is 0.351 e. The van der Waals surface area contributed by atoms with Gasteiger partial charge in [-0.25, -0.2) is 4.98 Å². The van der Waals surface area contributed by atoms with Gasteiger partial charge in [0.15, 0.2) is 5.13 Å². The summed E-state index contributed by atoms with van der Waals surface area (Å²) >= 11 is 7.75. The number of fused-ring (bicyclic) bond motifs is 1. The molecular formula is C18H21ClN4O2S. The van der Waals surface area contributed by atoms with E-state index in [2.05, 4.69) is 15.0 Å². The Balaban J connectivity index is 1.98. The fourth-order valence-electron chi connectivity index (χ4n) is 2.63. The summed E-state index contributed by atoms with van der Waals surface area (Å²) in [5.74, 6) is -0.0217. The van der Waals surface area contributed by atoms with Crippen molar-refractivity contribution in [1.82, 2.24) is 15.0 Å². The third-order valence-corrected chi connectivity index (χ3v) is 5.53. The number of carbonyl (C=O) groups is 1. The molecule has 0 unspecified atom stereocenters. The van der Waals surface area contributed by atoms with Gasteiger partial charge in [-0.1, -0.05) is 34.2 Å². The predicted octanol–water partition coefficient (Wildman–Crippen LogP) is 4.15. The van der Waals surface area contributed by atoms with Crippen molar-refractivity contribution in [3.63, 3.8) is 0 Å². The Labute approximate surface area is 161 Å². The highest BCUT2D eigenvalue weighted by Crippen LogP contribution is 2.36. The van der Waals surface area contributed by atoms with Crippen LogP contribution in [0.4, 0.5) is 5.13 Å². The van der Waals surface area contributed by atoms with Crippen LogP contribution in [0.5, 0.6) is 0 Å². The molecule has 0 saturated heterocycles. The van der Waals surface area contributed by atoms with E-state index in [9.17, 15) is 4.79 Å². The second-order valence-electron chi connectivity index (χ2n) is 6.48. The van der Waals surface area contributed by atoms with Crippen LogP contribution >= 0.6 is 22.9 Å². The number of hydrogen-bond donors (Lipinski definition) is 0. The number of hydrogen-bond acceptors (Lipinski definition) is 6. The first-order valence-corrected chi connectivity index (χ1v) is 9.52. The van der Waals surface area contributed by atoms with Crippen LogP contribution in [0, 0.1) is 13.8 Å². The number of benzene rings is 1. The van der Waals surface area contributed by atoms with Gasteiger partial charge in [0.25, 0.3) is 5.91 Å². The van der Waals surface area contributed by atoms with Gasteiger partial charge < -0.3 is 9.42 Å². The molecule has 0 fully saturated rings. The number of halogens is 1. The zero-order valence-corrected chi connectivity index (χ0v) is 16.8. The predicted molar refractivity (Wildman–Crippen MR) is 105 cm³/mol. The van der Waals surface area contributed by atoms with Gasteiger partial charge in [0.1, 0.15) is 0 Å². The minimum atomic E-state index is -0.239. The molecule has 6 nitrogen and oxygen atoms in total. The van der Waals surface area contributed by atoms with Gasteiger partial charge in [0, 0.05) is 12.6 Å². The van der Waals surface area contributed by atoms with Gasteiger partial charge in [-0.15, -0.1) is 0 Å². The van der Waals surface area contributed by atoms with Gasteiger partial charge in [0.05, 0.1) is 20.9 Å². The van der Waals surface area contributed by atoms with Crippen LogP contribution < -0.4 is 4.90 Å². The maximum absolute atomic E-state index is 13.0. The second-order valence-corrected chi connectivity index (χ2v) is 7.87. The number of amides is 1. The molecule has 0 aliphatic heterocycles. The maximum atomic E-state index is 13.0. The molecule has 138 valence electrons. The summed E-state index contributed by atoms with van der Waals surface area (Å²) in [6, 6.07) is 5.44. The van der Waals surface area contributed by atoms with Crippen LogP contribution in [0.1, 0.15) is 28.2 Å². The molecule has 0 N–H and O–H groups in total. The normalized spacial score (nSPS) is 11.5. The van der Waals surface area contributed by atoms with E-state index in [1.165, 1.54) is 11.3 Å². The van der Waals surface area contributed by atoms with Gasteiger partial charge in [-0.3, -0.25) is 9.69 Å². The Hall–Kier alpha value is -1.96. The van der Waals surface area contributed by atoms with E-state index >= 15 is 0 Å². The van der Waals surface area contributed by atoms with E-state index in [-0.39, 0.29) is 11.7 Å². The molecule has 0 aliphatic carbocycles. The number of anilines is 1. The number of rotatable bonds is 6. The molecule has 1 amide bonds. The Morgan fingerprint density at radius 2 is 2.04 bits per heavy atom. The molecule has 1 aromatic carbocycles. The third kappa shape index (κ3) is 3.90. The summed E-state index contributed by atoms with van der Waals surface area (Å²) in [5.41, 5.74) is 2.53. The van der Waals surface area contributed by atoms with E-state index in [1.807, 2.05) is 33.2 Å². The SMILES string of the molecule is Cc1cc(C(=O)N(CCCN(C)C)c2nc3c(C)ccc(Cl)c3s2)on1. The standard InChI is InChI=1S/C18H21ClN4O2S/c1-11-6-7-13(19)16-15(11)20-18(26-16)23(9-5-8-22(3)4)17(24)14-10-12(2)21-25-14/h6-7,10H,5,8-9H2,1-4H3.